The van der Waals surface area contributed by atoms with Crippen LogP contribution in [0, 0.1) is 12.8 Å². The first-order chi connectivity index (χ1) is 12.1. The van der Waals surface area contributed by atoms with Gasteiger partial charge in [-0.15, -0.1) is 0 Å². The minimum absolute atomic E-state index is 0.0245. The number of aliphatic hydroxyl groups is 1. The number of hydrogen-bond donors (Lipinski definition) is 1. The predicted octanol–water partition coefficient (Wildman–Crippen LogP) is 4.00. The van der Waals surface area contributed by atoms with Gasteiger partial charge in [0.15, 0.2) is 0 Å². The van der Waals surface area contributed by atoms with Gasteiger partial charge in [-0.2, -0.15) is 0 Å². The van der Waals surface area contributed by atoms with E-state index in [2.05, 4.69) is 0 Å². The number of carbonyl (C=O) groups is 1. The fourth-order valence-corrected chi connectivity index (χ4v) is 3.42. The van der Waals surface area contributed by atoms with Crippen molar-refractivity contribution in [2.24, 2.45) is 5.92 Å². The summed E-state index contributed by atoms with van der Waals surface area (Å²) in [5.74, 6) is 0.205. The zero-order valence-electron chi connectivity index (χ0n) is 14.9. The van der Waals surface area contributed by atoms with Gasteiger partial charge in [0, 0.05) is 25.8 Å². The van der Waals surface area contributed by atoms with Crippen molar-refractivity contribution in [3.8, 4) is 0 Å². The Morgan fingerprint density at radius 2 is 1.68 bits per heavy atom. The number of nitrogens with zero attached hydrogens (tertiary/aromatic N) is 2. The van der Waals surface area contributed by atoms with Crippen LogP contribution in [0.15, 0.2) is 54.6 Å². The molecule has 1 saturated heterocycles. The first-order valence-corrected chi connectivity index (χ1v) is 8.88. The molecule has 1 atom stereocenters. The molecule has 1 aliphatic heterocycles. The highest BCUT2D eigenvalue weighted by Crippen LogP contribution is 2.31. The lowest BCUT2D eigenvalue weighted by atomic mass is 9.87. The van der Waals surface area contributed by atoms with Gasteiger partial charge < -0.3 is 10.0 Å². The van der Waals surface area contributed by atoms with Crippen LogP contribution in [0.1, 0.15) is 30.1 Å². The smallest absolute Gasteiger partial charge is 0.324 e. The molecule has 0 bridgehead atoms. The highest BCUT2D eigenvalue weighted by Gasteiger charge is 2.29. The molecule has 2 aromatic carbocycles. The molecule has 0 radical (unpaired) electrons. The molecule has 1 unspecified atom stereocenters. The van der Waals surface area contributed by atoms with E-state index in [0.717, 1.165) is 24.1 Å². The molecule has 25 heavy (non-hydrogen) atoms. The number of benzene rings is 2. The predicted molar refractivity (Wildman–Crippen MR) is 101 cm³/mol. The molecule has 2 aromatic rings. The Labute approximate surface area is 149 Å². The van der Waals surface area contributed by atoms with Crippen molar-refractivity contribution in [1.82, 2.24) is 4.90 Å². The zero-order chi connectivity index (χ0) is 17.8. The lowest BCUT2D eigenvalue weighted by Gasteiger charge is -2.36. The van der Waals surface area contributed by atoms with Gasteiger partial charge in [-0.1, -0.05) is 48.0 Å². The fraction of sp³-hybridized carbons (Fsp3) is 0.381. The van der Waals surface area contributed by atoms with Gasteiger partial charge in [-0.3, -0.25) is 4.90 Å². The summed E-state index contributed by atoms with van der Waals surface area (Å²) in [6.07, 6.45) is 1.20. The van der Waals surface area contributed by atoms with E-state index < -0.39 is 6.10 Å². The first-order valence-electron chi connectivity index (χ1n) is 8.88. The number of rotatable bonds is 3. The Kier molecular flexibility index (Phi) is 5.39. The molecule has 0 aliphatic carbocycles. The fourth-order valence-electron chi connectivity index (χ4n) is 3.42. The van der Waals surface area contributed by atoms with E-state index in [-0.39, 0.29) is 11.9 Å². The molecule has 2 amide bonds. The summed E-state index contributed by atoms with van der Waals surface area (Å²) in [5, 5.41) is 10.6. The number of piperidine rings is 1. The van der Waals surface area contributed by atoms with Crippen molar-refractivity contribution in [1.29, 1.82) is 0 Å². The average Bonchev–Trinajstić information content (AvgIpc) is 2.67. The van der Waals surface area contributed by atoms with Gasteiger partial charge in [-0.25, -0.2) is 4.79 Å². The van der Waals surface area contributed by atoms with Crippen molar-refractivity contribution in [3.63, 3.8) is 0 Å². The minimum atomic E-state index is -0.451. The molecule has 0 aromatic heterocycles. The van der Waals surface area contributed by atoms with Crippen LogP contribution in [0.25, 0.3) is 0 Å². The molecule has 1 aliphatic rings. The van der Waals surface area contributed by atoms with Crippen molar-refractivity contribution >= 4 is 11.7 Å². The maximum absolute atomic E-state index is 12.7. The molecule has 4 heteroatoms. The molecule has 4 nitrogen and oxygen atoms in total. The third kappa shape index (κ3) is 4.02. The molecule has 132 valence electrons. The van der Waals surface area contributed by atoms with Crippen molar-refractivity contribution in [2.45, 2.75) is 25.9 Å². The third-order valence-corrected chi connectivity index (χ3v) is 5.11. The Morgan fingerprint density at radius 1 is 1.08 bits per heavy atom. The monoisotopic (exact) mass is 338 g/mol. The van der Waals surface area contributed by atoms with Crippen molar-refractivity contribution in [2.75, 3.05) is 25.0 Å². The molecular weight excluding hydrogens is 312 g/mol. The summed E-state index contributed by atoms with van der Waals surface area (Å²) >= 11 is 0. The normalized spacial score (nSPS) is 16.5. The number of aliphatic hydroxyl groups excluding tert-OH is 1. The highest BCUT2D eigenvalue weighted by atomic mass is 16.3. The zero-order valence-corrected chi connectivity index (χ0v) is 14.9. The molecule has 3 rings (SSSR count). The standard InChI is InChI=1S/C21H26N2O2/c1-16-8-10-19(11-9-16)22(2)21(25)23-14-12-18(13-15-23)20(24)17-6-4-3-5-7-17/h3-11,18,20,24H,12-15H2,1-2H3. The molecule has 1 N–H and O–H groups in total. The third-order valence-electron chi connectivity index (χ3n) is 5.11. The second-order valence-electron chi connectivity index (χ2n) is 6.86. The maximum atomic E-state index is 12.7. The van der Waals surface area contributed by atoms with Crippen LogP contribution in [0.5, 0.6) is 0 Å². The molecule has 1 fully saturated rings. The average molecular weight is 338 g/mol. The van der Waals surface area contributed by atoms with Gasteiger partial charge in [0.2, 0.25) is 0 Å². The van der Waals surface area contributed by atoms with E-state index in [4.69, 9.17) is 0 Å². The summed E-state index contributed by atoms with van der Waals surface area (Å²) in [5.41, 5.74) is 3.05. The van der Waals surface area contributed by atoms with Crippen LogP contribution in [-0.4, -0.2) is 36.2 Å². The lowest BCUT2D eigenvalue weighted by Crippen LogP contribution is -2.46. The summed E-state index contributed by atoms with van der Waals surface area (Å²) in [7, 11) is 1.82. The topological polar surface area (TPSA) is 43.8 Å². The maximum Gasteiger partial charge on any atom is 0.324 e. The van der Waals surface area contributed by atoms with E-state index in [9.17, 15) is 9.90 Å². The van der Waals surface area contributed by atoms with Crippen LogP contribution in [0.2, 0.25) is 0 Å². The summed E-state index contributed by atoms with van der Waals surface area (Å²) in [6.45, 7) is 3.40. The van der Waals surface area contributed by atoms with Crippen LogP contribution in [0.4, 0.5) is 10.5 Å². The van der Waals surface area contributed by atoms with Crippen LogP contribution in [-0.2, 0) is 0 Å². The van der Waals surface area contributed by atoms with E-state index >= 15 is 0 Å². The molecule has 0 spiro atoms. The number of anilines is 1. The SMILES string of the molecule is Cc1ccc(N(C)C(=O)N2CCC(C(O)c3ccccc3)CC2)cc1. The molecule has 1 heterocycles. The number of amides is 2. The summed E-state index contributed by atoms with van der Waals surface area (Å²) < 4.78 is 0. The second kappa shape index (κ2) is 7.70. The lowest BCUT2D eigenvalue weighted by molar-refractivity contribution is 0.0676. The van der Waals surface area contributed by atoms with Crippen LogP contribution < -0.4 is 4.90 Å². The quantitative estimate of drug-likeness (QED) is 0.919. The van der Waals surface area contributed by atoms with Crippen molar-refractivity contribution in [3.05, 3.63) is 65.7 Å². The van der Waals surface area contributed by atoms with Gasteiger partial charge in [0.25, 0.3) is 0 Å². The van der Waals surface area contributed by atoms with E-state index in [1.165, 1.54) is 5.56 Å². The summed E-state index contributed by atoms with van der Waals surface area (Å²) in [6, 6.07) is 17.8. The number of hydrogen-bond acceptors (Lipinski definition) is 2. The Morgan fingerprint density at radius 3 is 2.28 bits per heavy atom. The van der Waals surface area contributed by atoms with E-state index in [1.54, 1.807) is 4.90 Å². The first kappa shape index (κ1) is 17.5. The van der Waals surface area contributed by atoms with Gasteiger partial charge in [-0.05, 0) is 43.4 Å². The van der Waals surface area contributed by atoms with Gasteiger partial charge in [0.05, 0.1) is 6.10 Å². The van der Waals surface area contributed by atoms with E-state index in [0.29, 0.717) is 13.1 Å². The summed E-state index contributed by atoms with van der Waals surface area (Å²) in [4.78, 5) is 16.3. The Bertz CT molecular complexity index is 692. The Balaban J connectivity index is 1.58. The molecule has 0 saturated carbocycles. The minimum Gasteiger partial charge on any atom is -0.388 e. The highest BCUT2D eigenvalue weighted by molar-refractivity contribution is 5.91. The largest absolute Gasteiger partial charge is 0.388 e. The van der Waals surface area contributed by atoms with Gasteiger partial charge >= 0.3 is 6.03 Å². The van der Waals surface area contributed by atoms with Crippen LogP contribution >= 0.6 is 0 Å². The van der Waals surface area contributed by atoms with Gasteiger partial charge in [0.1, 0.15) is 0 Å². The number of likely N-dealkylation sites (tertiary alicyclic amines) is 1. The number of urea groups is 1. The molecular formula is C21H26N2O2. The van der Waals surface area contributed by atoms with Crippen LogP contribution in [0.3, 0.4) is 0 Å². The number of aryl methyl sites for hydroxylation is 1. The second-order valence-corrected chi connectivity index (χ2v) is 6.86. The Hall–Kier alpha value is -2.33. The van der Waals surface area contributed by atoms with E-state index in [1.807, 2.05) is 73.5 Å². The number of carbonyl (C=O) groups excluding carboxylic acids is 1. The van der Waals surface area contributed by atoms with Crippen molar-refractivity contribution < 1.29 is 9.90 Å².